The van der Waals surface area contributed by atoms with Crippen LogP contribution in [0.4, 0.5) is 0 Å². The summed E-state index contributed by atoms with van der Waals surface area (Å²) in [4.78, 5) is 28.6. The molecule has 230 valence electrons. The third-order valence-corrected chi connectivity index (χ3v) is 13.4. The number of fused-ring (bicyclic) bond motifs is 3. The monoisotopic (exact) mass is 616 g/mol. The number of hydrogen-bond donors (Lipinski definition) is 0. The Kier molecular flexibility index (Phi) is 7.57. The number of methoxy groups -OCH3 is 3. The molecule has 0 spiro atoms. The summed E-state index contributed by atoms with van der Waals surface area (Å²) in [5, 5.41) is 1.13. The predicted octanol–water partition coefficient (Wildman–Crippen LogP) is 4.71. The minimum atomic E-state index is -2.66. The van der Waals surface area contributed by atoms with Crippen LogP contribution in [0.25, 0.3) is 0 Å². The van der Waals surface area contributed by atoms with Crippen molar-refractivity contribution in [1.82, 2.24) is 0 Å². The molecule has 0 unspecified atom stereocenters. The van der Waals surface area contributed by atoms with Crippen molar-refractivity contribution < 1.29 is 42.7 Å². The van der Waals surface area contributed by atoms with E-state index in [9.17, 15) is 9.59 Å². The maximum Gasteiger partial charge on any atom is 0.317 e. The molecule has 0 bridgehead atoms. The number of hydrogen-bond acceptors (Lipinski definition) is 9. The summed E-state index contributed by atoms with van der Waals surface area (Å²) in [7, 11) is 1.96. The molecule has 10 heteroatoms. The van der Waals surface area contributed by atoms with Crippen LogP contribution in [0, 0.1) is 11.3 Å². The first-order valence-corrected chi connectivity index (χ1v) is 17.5. The number of esters is 2. The second-order valence-electron chi connectivity index (χ2n) is 11.8. The van der Waals surface area contributed by atoms with Crippen molar-refractivity contribution in [2.24, 2.45) is 11.3 Å². The van der Waals surface area contributed by atoms with Gasteiger partial charge in [0.2, 0.25) is 12.5 Å². The zero-order chi connectivity index (χ0) is 31.2. The van der Waals surface area contributed by atoms with Gasteiger partial charge in [-0.25, -0.2) is 0 Å². The molecule has 3 aromatic carbocycles. The topological polar surface area (TPSA) is 98.8 Å². The van der Waals surface area contributed by atoms with Gasteiger partial charge in [0.15, 0.2) is 23.0 Å². The van der Waals surface area contributed by atoms with Crippen LogP contribution in [0.2, 0.25) is 13.1 Å². The first kappa shape index (κ1) is 29.6. The molecule has 1 saturated heterocycles. The standard InChI is InChI=1S/C34H36O9Si/c1-7-13-40-33(36)34-18-41-32(35)29(34)28(20-14-26(37-2)30(39-4)27(15-20)38-3)22-16-24-25(43-19-42-24)17-23(22)31(34)44(5,6)21-11-9-8-10-12-21/h7-12,14-17,28-29,31H,1,13,18-19H2,2-6H3/t28-,29+,31+,34+/m1/s1. The Bertz CT molecular complexity index is 1590. The van der Waals surface area contributed by atoms with Crippen molar-refractivity contribution in [3.63, 3.8) is 0 Å². The van der Waals surface area contributed by atoms with Crippen LogP contribution in [-0.4, -0.2) is 61.3 Å². The Hall–Kier alpha value is -4.44. The lowest BCUT2D eigenvalue weighted by Gasteiger charge is -2.51. The first-order chi connectivity index (χ1) is 21.2. The fraction of sp³-hybridized carbons (Fsp3) is 0.353. The summed E-state index contributed by atoms with van der Waals surface area (Å²) in [5.41, 5.74) is 0.674. The van der Waals surface area contributed by atoms with Gasteiger partial charge >= 0.3 is 11.9 Å². The van der Waals surface area contributed by atoms with Crippen LogP contribution in [0.5, 0.6) is 28.7 Å². The van der Waals surface area contributed by atoms with E-state index in [1.165, 1.54) is 13.2 Å². The SMILES string of the molecule is C=CCOC(=O)[C@@]12COC(=O)[C@@H]1[C@H](c1cc(OC)c(OC)c(OC)c1)c1cc3c(cc1[C@@H]2[Si](C)(C)c1ccccc1)OCO3. The van der Waals surface area contributed by atoms with Crippen molar-refractivity contribution in [1.29, 1.82) is 0 Å². The van der Waals surface area contributed by atoms with Gasteiger partial charge in [0.1, 0.15) is 18.6 Å². The van der Waals surface area contributed by atoms with Crippen molar-refractivity contribution in [3.05, 3.63) is 83.9 Å². The van der Waals surface area contributed by atoms with Gasteiger partial charge in [-0.2, -0.15) is 0 Å². The molecule has 2 heterocycles. The number of rotatable bonds is 9. The summed E-state index contributed by atoms with van der Waals surface area (Å²) >= 11 is 0. The van der Waals surface area contributed by atoms with Crippen molar-refractivity contribution >= 4 is 25.2 Å². The third kappa shape index (κ3) is 4.34. The van der Waals surface area contributed by atoms with Crippen molar-refractivity contribution in [2.45, 2.75) is 24.6 Å². The number of carbonyl (C=O) groups is 2. The molecule has 1 aliphatic carbocycles. The highest BCUT2D eigenvalue weighted by Crippen LogP contribution is 2.64. The van der Waals surface area contributed by atoms with Crippen LogP contribution in [0.15, 0.2) is 67.3 Å². The molecule has 3 aliphatic rings. The Morgan fingerprint density at radius 3 is 2.18 bits per heavy atom. The van der Waals surface area contributed by atoms with Gasteiger partial charge < -0.3 is 33.2 Å². The molecule has 0 amide bonds. The second kappa shape index (κ2) is 11.2. The molecule has 2 aliphatic heterocycles. The van der Waals surface area contributed by atoms with E-state index in [-0.39, 0.29) is 20.0 Å². The summed E-state index contributed by atoms with van der Waals surface area (Å²) in [5.74, 6) is -0.0800. The molecule has 9 nitrogen and oxygen atoms in total. The van der Waals surface area contributed by atoms with E-state index in [1.54, 1.807) is 14.2 Å². The van der Waals surface area contributed by atoms with Gasteiger partial charge in [0.25, 0.3) is 0 Å². The van der Waals surface area contributed by atoms with Gasteiger partial charge in [-0.15, -0.1) is 0 Å². The van der Waals surface area contributed by atoms with E-state index in [0.29, 0.717) is 34.3 Å². The van der Waals surface area contributed by atoms with Crippen LogP contribution in [0.3, 0.4) is 0 Å². The highest BCUT2D eigenvalue weighted by molar-refractivity contribution is 6.91. The lowest BCUT2D eigenvalue weighted by Crippen LogP contribution is -2.62. The zero-order valence-corrected chi connectivity index (χ0v) is 26.5. The van der Waals surface area contributed by atoms with Crippen LogP contribution < -0.4 is 28.9 Å². The molecule has 6 rings (SSSR count). The second-order valence-corrected chi connectivity index (χ2v) is 16.4. The van der Waals surface area contributed by atoms with E-state index in [0.717, 1.165) is 16.3 Å². The van der Waals surface area contributed by atoms with Crippen LogP contribution in [-0.2, 0) is 19.1 Å². The van der Waals surface area contributed by atoms with Gasteiger partial charge in [0, 0.05) is 11.5 Å². The summed E-state index contributed by atoms with van der Waals surface area (Å²) in [6, 6.07) is 17.7. The van der Waals surface area contributed by atoms with E-state index < -0.39 is 42.8 Å². The summed E-state index contributed by atoms with van der Waals surface area (Å²) in [6.07, 6.45) is 1.53. The van der Waals surface area contributed by atoms with Crippen LogP contribution >= 0.6 is 0 Å². The molecule has 0 N–H and O–H groups in total. The molecular weight excluding hydrogens is 580 g/mol. The van der Waals surface area contributed by atoms with E-state index in [2.05, 4.69) is 31.8 Å². The molecule has 1 fully saturated rings. The number of benzene rings is 3. The fourth-order valence-corrected chi connectivity index (χ4v) is 11.6. The Morgan fingerprint density at radius 1 is 0.955 bits per heavy atom. The molecule has 0 aromatic heterocycles. The van der Waals surface area contributed by atoms with Gasteiger partial charge in [-0.1, -0.05) is 61.3 Å². The van der Waals surface area contributed by atoms with E-state index in [1.807, 2.05) is 42.5 Å². The Morgan fingerprint density at radius 2 is 1.59 bits per heavy atom. The molecule has 4 atom stereocenters. The first-order valence-electron chi connectivity index (χ1n) is 14.5. The largest absolute Gasteiger partial charge is 0.493 e. The maximum atomic E-state index is 14.6. The Balaban J connectivity index is 1.71. The van der Waals surface area contributed by atoms with E-state index in [4.69, 9.17) is 33.2 Å². The van der Waals surface area contributed by atoms with Crippen molar-refractivity contribution in [3.8, 4) is 28.7 Å². The van der Waals surface area contributed by atoms with Crippen LogP contribution in [0.1, 0.15) is 28.1 Å². The van der Waals surface area contributed by atoms with Gasteiger partial charge in [0.05, 0.1) is 35.3 Å². The van der Waals surface area contributed by atoms with E-state index >= 15 is 0 Å². The average molecular weight is 617 g/mol. The molecule has 3 aromatic rings. The predicted molar refractivity (Wildman–Crippen MR) is 165 cm³/mol. The fourth-order valence-electron chi connectivity index (χ4n) is 7.52. The summed E-state index contributed by atoms with van der Waals surface area (Å²) < 4.78 is 40.5. The minimum absolute atomic E-state index is 0.00434. The number of carbonyl (C=O) groups excluding carboxylic acids is 2. The molecule has 0 saturated carbocycles. The maximum absolute atomic E-state index is 14.6. The highest BCUT2D eigenvalue weighted by atomic mass is 28.3. The highest BCUT2D eigenvalue weighted by Gasteiger charge is 2.70. The summed E-state index contributed by atoms with van der Waals surface area (Å²) in [6.45, 7) is 8.17. The minimum Gasteiger partial charge on any atom is -0.493 e. The third-order valence-electron chi connectivity index (χ3n) is 9.33. The van der Waals surface area contributed by atoms with Gasteiger partial charge in [-0.05, 0) is 41.0 Å². The van der Waals surface area contributed by atoms with Gasteiger partial charge in [-0.3, -0.25) is 9.59 Å². The smallest absolute Gasteiger partial charge is 0.317 e. The number of cyclic esters (lactones) is 1. The normalized spacial score (nSPS) is 23.2. The average Bonchev–Trinajstić information content (AvgIpc) is 3.65. The Labute approximate surface area is 257 Å². The molecule has 44 heavy (non-hydrogen) atoms. The lowest BCUT2D eigenvalue weighted by atomic mass is 9.59. The quantitative estimate of drug-likeness (QED) is 0.192. The molecular formula is C34H36O9Si. The van der Waals surface area contributed by atoms with Crippen molar-refractivity contribution in [2.75, 3.05) is 41.3 Å². The zero-order valence-electron chi connectivity index (χ0n) is 25.5. The molecule has 0 radical (unpaired) electrons. The lowest BCUT2D eigenvalue weighted by molar-refractivity contribution is -0.159. The number of ether oxygens (including phenoxy) is 7.